The minimum absolute atomic E-state index is 0.254. The van der Waals surface area contributed by atoms with Gasteiger partial charge in [-0.15, -0.1) is 11.3 Å². The van der Waals surface area contributed by atoms with Crippen LogP contribution in [-0.4, -0.2) is 52.4 Å². The van der Waals surface area contributed by atoms with E-state index in [0.717, 1.165) is 11.3 Å². The van der Waals surface area contributed by atoms with Gasteiger partial charge in [-0.3, -0.25) is 14.8 Å². The van der Waals surface area contributed by atoms with E-state index in [1.54, 1.807) is 18.6 Å². The van der Waals surface area contributed by atoms with E-state index in [1.807, 2.05) is 5.38 Å². The summed E-state index contributed by atoms with van der Waals surface area (Å²) in [6, 6.07) is -0.627. The SMILES string of the molecule is CS(=O)(=O)N1CCCC1C(=O)NCc1csc(-c2cnccn2)n1. The molecule has 0 saturated carbocycles. The molecule has 2 aromatic heterocycles. The molecule has 1 saturated heterocycles. The van der Waals surface area contributed by atoms with Crippen molar-refractivity contribution in [2.45, 2.75) is 25.4 Å². The highest BCUT2D eigenvalue weighted by Crippen LogP contribution is 2.22. The number of nitrogens with zero attached hydrogens (tertiary/aromatic N) is 4. The van der Waals surface area contributed by atoms with Gasteiger partial charge in [0.15, 0.2) is 0 Å². The zero-order valence-electron chi connectivity index (χ0n) is 13.0. The lowest BCUT2D eigenvalue weighted by atomic mass is 10.2. The number of hydrogen-bond donors (Lipinski definition) is 1. The summed E-state index contributed by atoms with van der Waals surface area (Å²) in [7, 11) is -3.37. The minimum Gasteiger partial charge on any atom is -0.349 e. The van der Waals surface area contributed by atoms with Crippen molar-refractivity contribution in [2.75, 3.05) is 12.8 Å². The van der Waals surface area contributed by atoms with Crippen LogP contribution in [0.4, 0.5) is 0 Å². The van der Waals surface area contributed by atoms with Gasteiger partial charge in [0.05, 0.1) is 24.7 Å². The van der Waals surface area contributed by atoms with E-state index in [0.29, 0.717) is 30.8 Å². The van der Waals surface area contributed by atoms with Crippen molar-refractivity contribution in [2.24, 2.45) is 0 Å². The van der Waals surface area contributed by atoms with E-state index in [2.05, 4.69) is 20.3 Å². The first-order valence-electron chi connectivity index (χ1n) is 7.40. The number of amides is 1. The van der Waals surface area contributed by atoms with Crippen molar-refractivity contribution in [3.8, 4) is 10.7 Å². The van der Waals surface area contributed by atoms with Gasteiger partial charge in [0.25, 0.3) is 0 Å². The standard InChI is InChI=1S/C14H17N5O3S2/c1-24(21,22)19-6-2-3-12(19)13(20)17-7-10-9-23-14(18-10)11-8-15-4-5-16-11/h4-5,8-9,12H,2-3,6-7H2,1H3,(H,17,20). The molecule has 3 rings (SSSR count). The van der Waals surface area contributed by atoms with E-state index >= 15 is 0 Å². The Hall–Kier alpha value is -1.91. The predicted octanol–water partition coefficient (Wildman–Crippen LogP) is 0.640. The Morgan fingerprint density at radius 3 is 3.00 bits per heavy atom. The molecule has 24 heavy (non-hydrogen) atoms. The second-order valence-electron chi connectivity index (χ2n) is 5.48. The van der Waals surface area contributed by atoms with E-state index in [-0.39, 0.29) is 12.5 Å². The highest BCUT2D eigenvalue weighted by atomic mass is 32.2. The van der Waals surface area contributed by atoms with Crippen molar-refractivity contribution in [1.29, 1.82) is 0 Å². The van der Waals surface area contributed by atoms with Crippen molar-refractivity contribution < 1.29 is 13.2 Å². The number of carbonyl (C=O) groups excluding carboxylic acids is 1. The summed E-state index contributed by atoms with van der Waals surface area (Å²) in [6.07, 6.45) is 7.18. The molecule has 1 atom stereocenters. The fourth-order valence-corrected chi connectivity index (χ4v) is 4.51. The van der Waals surface area contributed by atoms with Gasteiger partial charge in [-0.1, -0.05) is 0 Å². The molecule has 1 amide bonds. The Labute approximate surface area is 144 Å². The second-order valence-corrected chi connectivity index (χ2v) is 8.28. The third-order valence-corrected chi connectivity index (χ3v) is 5.91. The Bertz CT molecular complexity index is 822. The molecule has 2 aromatic rings. The number of hydrogen-bond acceptors (Lipinski definition) is 7. The normalized spacial score (nSPS) is 18.6. The average molecular weight is 367 g/mol. The third kappa shape index (κ3) is 3.77. The molecule has 128 valence electrons. The molecule has 1 aliphatic heterocycles. The molecular formula is C14H17N5O3S2. The van der Waals surface area contributed by atoms with E-state index in [4.69, 9.17) is 0 Å². The zero-order valence-corrected chi connectivity index (χ0v) is 14.7. The van der Waals surface area contributed by atoms with Crippen LogP contribution in [0.1, 0.15) is 18.5 Å². The molecule has 10 heteroatoms. The lowest BCUT2D eigenvalue weighted by Gasteiger charge is -2.21. The number of aromatic nitrogens is 3. The van der Waals surface area contributed by atoms with Crippen LogP contribution in [0.2, 0.25) is 0 Å². The molecule has 0 spiro atoms. The first-order valence-corrected chi connectivity index (χ1v) is 10.1. The van der Waals surface area contributed by atoms with E-state index in [1.165, 1.54) is 15.6 Å². The first-order chi connectivity index (χ1) is 11.4. The fraction of sp³-hybridized carbons (Fsp3) is 0.429. The molecule has 8 nitrogen and oxygen atoms in total. The van der Waals surface area contributed by atoms with Gasteiger partial charge in [0, 0.05) is 24.3 Å². The van der Waals surface area contributed by atoms with Gasteiger partial charge in [-0.25, -0.2) is 13.4 Å². The summed E-state index contributed by atoms with van der Waals surface area (Å²) in [5.74, 6) is -0.285. The Morgan fingerprint density at radius 1 is 1.46 bits per heavy atom. The molecule has 0 aliphatic carbocycles. The lowest BCUT2D eigenvalue weighted by molar-refractivity contribution is -0.124. The predicted molar refractivity (Wildman–Crippen MR) is 89.6 cm³/mol. The molecule has 1 N–H and O–H groups in total. The Morgan fingerprint density at radius 2 is 2.29 bits per heavy atom. The molecule has 0 aromatic carbocycles. The maximum atomic E-state index is 12.3. The highest BCUT2D eigenvalue weighted by molar-refractivity contribution is 7.88. The fourth-order valence-electron chi connectivity index (χ4n) is 2.61. The Kier molecular flexibility index (Phi) is 4.88. The van der Waals surface area contributed by atoms with Gasteiger partial charge in [0.2, 0.25) is 15.9 Å². The number of carbonyl (C=O) groups is 1. The van der Waals surface area contributed by atoms with Crippen LogP contribution in [0.25, 0.3) is 10.7 Å². The van der Waals surface area contributed by atoms with Crippen LogP contribution in [0.3, 0.4) is 0 Å². The molecule has 0 radical (unpaired) electrons. The number of nitrogens with one attached hydrogen (secondary N) is 1. The van der Waals surface area contributed by atoms with Gasteiger partial charge < -0.3 is 5.32 Å². The van der Waals surface area contributed by atoms with E-state index < -0.39 is 16.1 Å². The van der Waals surface area contributed by atoms with Gasteiger partial charge in [0.1, 0.15) is 16.7 Å². The van der Waals surface area contributed by atoms with Crippen LogP contribution >= 0.6 is 11.3 Å². The van der Waals surface area contributed by atoms with Crippen LogP contribution in [0, 0.1) is 0 Å². The largest absolute Gasteiger partial charge is 0.349 e. The number of rotatable bonds is 5. The van der Waals surface area contributed by atoms with E-state index in [9.17, 15) is 13.2 Å². The maximum Gasteiger partial charge on any atom is 0.238 e. The molecule has 3 heterocycles. The van der Waals surface area contributed by atoms with Crippen LogP contribution < -0.4 is 5.32 Å². The lowest BCUT2D eigenvalue weighted by Crippen LogP contribution is -2.45. The van der Waals surface area contributed by atoms with Crippen LogP contribution in [-0.2, 0) is 21.4 Å². The molecular weight excluding hydrogens is 350 g/mol. The Balaban J connectivity index is 1.62. The highest BCUT2D eigenvalue weighted by Gasteiger charge is 2.36. The van der Waals surface area contributed by atoms with Crippen molar-refractivity contribution in [3.63, 3.8) is 0 Å². The summed E-state index contributed by atoms with van der Waals surface area (Å²) in [5, 5.41) is 5.34. The summed E-state index contributed by atoms with van der Waals surface area (Å²) in [5.41, 5.74) is 1.39. The quantitative estimate of drug-likeness (QED) is 0.831. The summed E-state index contributed by atoms with van der Waals surface area (Å²) in [4.78, 5) is 24.9. The summed E-state index contributed by atoms with van der Waals surface area (Å²) < 4.78 is 24.7. The minimum atomic E-state index is -3.37. The molecule has 1 fully saturated rings. The van der Waals surface area contributed by atoms with Crippen LogP contribution in [0.15, 0.2) is 24.0 Å². The van der Waals surface area contributed by atoms with Crippen molar-refractivity contribution >= 4 is 27.3 Å². The smallest absolute Gasteiger partial charge is 0.238 e. The van der Waals surface area contributed by atoms with Gasteiger partial charge in [-0.05, 0) is 12.8 Å². The number of thiazole rings is 1. The van der Waals surface area contributed by atoms with Crippen molar-refractivity contribution in [1.82, 2.24) is 24.6 Å². The van der Waals surface area contributed by atoms with Gasteiger partial charge in [-0.2, -0.15) is 4.31 Å². The average Bonchev–Trinajstić information content (AvgIpc) is 3.22. The summed E-state index contributed by atoms with van der Waals surface area (Å²) >= 11 is 1.42. The maximum absolute atomic E-state index is 12.3. The molecule has 1 unspecified atom stereocenters. The third-order valence-electron chi connectivity index (χ3n) is 3.71. The van der Waals surface area contributed by atoms with Crippen LogP contribution in [0.5, 0.6) is 0 Å². The topological polar surface area (TPSA) is 105 Å². The number of sulfonamides is 1. The first kappa shape index (κ1) is 16.9. The zero-order chi connectivity index (χ0) is 17.2. The van der Waals surface area contributed by atoms with Gasteiger partial charge >= 0.3 is 0 Å². The second kappa shape index (κ2) is 6.91. The molecule has 0 bridgehead atoms. The molecule has 1 aliphatic rings. The summed E-state index contributed by atoms with van der Waals surface area (Å²) in [6.45, 7) is 0.647. The van der Waals surface area contributed by atoms with Crippen molar-refractivity contribution in [3.05, 3.63) is 29.7 Å². The monoisotopic (exact) mass is 367 g/mol.